The van der Waals surface area contributed by atoms with Crippen LogP contribution in [0.5, 0.6) is 11.5 Å². The third-order valence-corrected chi connectivity index (χ3v) is 3.25. The minimum absolute atomic E-state index is 0.0665. The lowest BCUT2D eigenvalue weighted by atomic mass is 10.1. The molecule has 19 heavy (non-hydrogen) atoms. The minimum Gasteiger partial charge on any atom is -0.454 e. The second kappa shape index (κ2) is 4.79. The molecule has 0 aromatic heterocycles. The highest BCUT2D eigenvalue weighted by Gasteiger charge is 2.27. The SMILES string of the molecule is O=C1CC(C(=O)NCc2ccc3c(c2)OCO3)CN1. The van der Waals surface area contributed by atoms with Gasteiger partial charge < -0.3 is 20.1 Å². The number of carbonyl (C=O) groups is 2. The molecule has 0 spiro atoms. The molecule has 6 nitrogen and oxygen atoms in total. The first-order valence-corrected chi connectivity index (χ1v) is 6.15. The zero-order chi connectivity index (χ0) is 13.2. The second-order valence-electron chi connectivity index (χ2n) is 4.61. The molecule has 2 aliphatic rings. The third kappa shape index (κ3) is 2.47. The van der Waals surface area contributed by atoms with Crippen molar-refractivity contribution in [1.29, 1.82) is 0 Å². The minimum atomic E-state index is -0.262. The van der Waals surface area contributed by atoms with Crippen LogP contribution in [0.1, 0.15) is 12.0 Å². The molecule has 0 aliphatic carbocycles. The van der Waals surface area contributed by atoms with Crippen LogP contribution in [0.4, 0.5) is 0 Å². The summed E-state index contributed by atoms with van der Waals surface area (Å²) in [5, 5.41) is 5.47. The summed E-state index contributed by atoms with van der Waals surface area (Å²) in [5.74, 6) is 0.992. The molecule has 0 bridgehead atoms. The van der Waals surface area contributed by atoms with Crippen molar-refractivity contribution in [2.45, 2.75) is 13.0 Å². The molecule has 2 heterocycles. The lowest BCUT2D eigenvalue weighted by molar-refractivity contribution is -0.126. The van der Waals surface area contributed by atoms with E-state index < -0.39 is 0 Å². The molecule has 1 atom stereocenters. The van der Waals surface area contributed by atoms with Crippen molar-refractivity contribution in [2.75, 3.05) is 13.3 Å². The Kier molecular flexibility index (Phi) is 2.98. The molecule has 0 radical (unpaired) electrons. The zero-order valence-corrected chi connectivity index (χ0v) is 10.3. The zero-order valence-electron chi connectivity index (χ0n) is 10.3. The van der Waals surface area contributed by atoms with Gasteiger partial charge in [0.05, 0.1) is 5.92 Å². The Hall–Kier alpha value is -2.24. The summed E-state index contributed by atoms with van der Waals surface area (Å²) in [6.45, 7) is 1.08. The largest absolute Gasteiger partial charge is 0.454 e. The molecule has 2 amide bonds. The van der Waals surface area contributed by atoms with Crippen LogP contribution in [0.3, 0.4) is 0 Å². The van der Waals surface area contributed by atoms with Crippen LogP contribution in [0.25, 0.3) is 0 Å². The van der Waals surface area contributed by atoms with Crippen LogP contribution >= 0.6 is 0 Å². The average Bonchev–Trinajstić information content (AvgIpc) is 3.03. The van der Waals surface area contributed by atoms with Gasteiger partial charge in [-0.1, -0.05) is 6.07 Å². The van der Waals surface area contributed by atoms with Crippen molar-refractivity contribution < 1.29 is 19.1 Å². The van der Waals surface area contributed by atoms with Gasteiger partial charge in [-0.3, -0.25) is 9.59 Å². The maximum absolute atomic E-state index is 11.8. The summed E-state index contributed by atoms with van der Waals surface area (Å²) >= 11 is 0. The molecule has 6 heteroatoms. The highest BCUT2D eigenvalue weighted by atomic mass is 16.7. The first-order chi connectivity index (χ1) is 9.22. The number of hydrogen-bond donors (Lipinski definition) is 2. The van der Waals surface area contributed by atoms with Crippen LogP contribution in [0.15, 0.2) is 18.2 Å². The summed E-state index contributed by atoms with van der Waals surface area (Å²) in [5.41, 5.74) is 0.940. The van der Waals surface area contributed by atoms with E-state index in [0.29, 0.717) is 18.8 Å². The first-order valence-electron chi connectivity index (χ1n) is 6.15. The van der Waals surface area contributed by atoms with Gasteiger partial charge in [0, 0.05) is 19.5 Å². The van der Waals surface area contributed by atoms with Crippen molar-refractivity contribution in [3.05, 3.63) is 23.8 Å². The summed E-state index contributed by atoms with van der Waals surface area (Å²) in [4.78, 5) is 22.9. The topological polar surface area (TPSA) is 76.7 Å². The molecule has 1 saturated heterocycles. The maximum atomic E-state index is 11.8. The Labute approximate surface area is 110 Å². The number of nitrogens with one attached hydrogen (secondary N) is 2. The standard InChI is InChI=1S/C13H14N2O4/c16-12-4-9(6-14-12)13(17)15-5-8-1-2-10-11(3-8)19-7-18-10/h1-3,9H,4-7H2,(H,14,16)(H,15,17). The summed E-state index contributed by atoms with van der Waals surface area (Å²) in [7, 11) is 0. The Bertz CT molecular complexity index is 529. The number of ether oxygens (including phenoxy) is 2. The third-order valence-electron chi connectivity index (χ3n) is 3.25. The number of fused-ring (bicyclic) bond motifs is 1. The molecule has 1 unspecified atom stereocenters. The van der Waals surface area contributed by atoms with Gasteiger partial charge >= 0.3 is 0 Å². The van der Waals surface area contributed by atoms with Gasteiger partial charge in [0.2, 0.25) is 18.6 Å². The van der Waals surface area contributed by atoms with E-state index in [1.165, 1.54) is 0 Å². The van der Waals surface area contributed by atoms with Gasteiger partial charge in [-0.2, -0.15) is 0 Å². The predicted octanol–water partition coefficient (Wildman–Crippen LogP) is 0.168. The number of carbonyl (C=O) groups excluding carboxylic acids is 2. The molecule has 2 N–H and O–H groups in total. The van der Waals surface area contributed by atoms with Crippen LogP contribution < -0.4 is 20.1 Å². The molecule has 2 aliphatic heterocycles. The quantitative estimate of drug-likeness (QED) is 0.814. The average molecular weight is 262 g/mol. The molecular formula is C13H14N2O4. The number of amides is 2. The van der Waals surface area contributed by atoms with Gasteiger partial charge in [-0.15, -0.1) is 0 Å². The number of benzene rings is 1. The van der Waals surface area contributed by atoms with Gasteiger partial charge in [0.25, 0.3) is 0 Å². The van der Waals surface area contributed by atoms with Crippen LogP contribution in [0.2, 0.25) is 0 Å². The summed E-state index contributed by atoms with van der Waals surface area (Å²) in [6.07, 6.45) is 0.271. The lowest BCUT2D eigenvalue weighted by Gasteiger charge is -2.09. The monoisotopic (exact) mass is 262 g/mol. The van der Waals surface area contributed by atoms with E-state index in [-0.39, 0.29) is 30.9 Å². The Balaban J connectivity index is 1.57. The maximum Gasteiger partial charge on any atom is 0.231 e. The van der Waals surface area contributed by atoms with E-state index in [9.17, 15) is 9.59 Å². The smallest absolute Gasteiger partial charge is 0.231 e. The van der Waals surface area contributed by atoms with E-state index in [0.717, 1.165) is 11.3 Å². The summed E-state index contributed by atoms with van der Waals surface area (Å²) < 4.78 is 10.5. The van der Waals surface area contributed by atoms with Crippen LogP contribution in [-0.2, 0) is 16.1 Å². The normalized spacial score (nSPS) is 20.2. The fourth-order valence-electron chi connectivity index (χ4n) is 2.17. The van der Waals surface area contributed by atoms with Gasteiger partial charge in [-0.25, -0.2) is 0 Å². The second-order valence-corrected chi connectivity index (χ2v) is 4.61. The fraction of sp³-hybridized carbons (Fsp3) is 0.385. The van der Waals surface area contributed by atoms with Crippen LogP contribution in [-0.4, -0.2) is 25.2 Å². The lowest BCUT2D eigenvalue weighted by Crippen LogP contribution is -2.31. The number of rotatable bonds is 3. The highest BCUT2D eigenvalue weighted by molar-refractivity contribution is 5.89. The Morgan fingerprint density at radius 3 is 3.00 bits per heavy atom. The van der Waals surface area contributed by atoms with Crippen molar-refractivity contribution in [1.82, 2.24) is 10.6 Å². The molecule has 0 saturated carbocycles. The van der Waals surface area contributed by atoms with Gasteiger partial charge in [0.1, 0.15) is 0 Å². The van der Waals surface area contributed by atoms with E-state index in [2.05, 4.69) is 10.6 Å². The molecule has 1 aromatic rings. The fourth-order valence-corrected chi connectivity index (χ4v) is 2.17. The van der Waals surface area contributed by atoms with Crippen molar-refractivity contribution in [3.63, 3.8) is 0 Å². The van der Waals surface area contributed by atoms with Crippen LogP contribution in [0, 0.1) is 5.92 Å². The highest BCUT2D eigenvalue weighted by Crippen LogP contribution is 2.32. The Morgan fingerprint density at radius 1 is 1.37 bits per heavy atom. The van der Waals surface area contributed by atoms with E-state index in [4.69, 9.17) is 9.47 Å². The molecule has 3 rings (SSSR count). The van der Waals surface area contributed by atoms with E-state index in [1.807, 2.05) is 18.2 Å². The predicted molar refractivity (Wildman–Crippen MR) is 65.5 cm³/mol. The van der Waals surface area contributed by atoms with E-state index >= 15 is 0 Å². The van der Waals surface area contributed by atoms with Crippen molar-refractivity contribution in [2.24, 2.45) is 5.92 Å². The molecular weight excluding hydrogens is 248 g/mol. The first kappa shape index (κ1) is 11.8. The van der Waals surface area contributed by atoms with E-state index in [1.54, 1.807) is 0 Å². The number of hydrogen-bond acceptors (Lipinski definition) is 4. The van der Waals surface area contributed by atoms with Gasteiger partial charge in [0.15, 0.2) is 11.5 Å². The van der Waals surface area contributed by atoms with Crippen molar-refractivity contribution >= 4 is 11.8 Å². The molecule has 1 fully saturated rings. The molecule has 1 aromatic carbocycles. The molecule has 100 valence electrons. The van der Waals surface area contributed by atoms with Crippen molar-refractivity contribution in [3.8, 4) is 11.5 Å². The van der Waals surface area contributed by atoms with Gasteiger partial charge in [-0.05, 0) is 17.7 Å². The Morgan fingerprint density at radius 2 is 2.21 bits per heavy atom. The summed E-state index contributed by atoms with van der Waals surface area (Å²) in [6, 6.07) is 5.55.